The van der Waals surface area contributed by atoms with Gasteiger partial charge in [-0.05, 0) is 49.1 Å². The first kappa shape index (κ1) is 21.3. The maximum atomic E-state index is 12.7. The molecule has 5 aromatic rings. The van der Waals surface area contributed by atoms with Crippen molar-refractivity contribution in [2.24, 2.45) is 0 Å². The fraction of sp³-hybridized carbons (Fsp3) is 0.160. The molecule has 0 saturated heterocycles. The van der Waals surface area contributed by atoms with Gasteiger partial charge in [0.2, 0.25) is 11.7 Å². The number of carbonyl (C=O) groups excluding carboxylic acids is 1. The second-order valence-electron chi connectivity index (χ2n) is 8.51. The topological polar surface area (TPSA) is 117 Å². The van der Waals surface area contributed by atoms with E-state index in [1.165, 1.54) is 0 Å². The predicted molar refractivity (Wildman–Crippen MR) is 131 cm³/mol. The number of nitrogens with one attached hydrogen (secondary N) is 3. The number of hydrogen-bond donors (Lipinski definition) is 3. The molecule has 0 bridgehead atoms. The van der Waals surface area contributed by atoms with Gasteiger partial charge >= 0.3 is 0 Å². The highest BCUT2D eigenvalue weighted by molar-refractivity contribution is 5.95. The van der Waals surface area contributed by atoms with Crippen molar-refractivity contribution in [3.63, 3.8) is 0 Å². The number of aromatic amines is 1. The van der Waals surface area contributed by atoms with Crippen molar-refractivity contribution in [3.8, 4) is 11.3 Å². The molecule has 170 valence electrons. The van der Waals surface area contributed by atoms with E-state index in [0.29, 0.717) is 22.7 Å². The zero-order chi connectivity index (χ0) is 23.9. The van der Waals surface area contributed by atoms with Crippen LogP contribution in [-0.2, 0) is 10.2 Å². The Bertz CT molecular complexity index is 1580. The monoisotopic (exact) mass is 453 g/mol. The molecule has 0 aliphatic rings. The Balaban J connectivity index is 1.57. The second kappa shape index (κ2) is 8.11. The van der Waals surface area contributed by atoms with E-state index in [4.69, 9.17) is 4.98 Å². The van der Waals surface area contributed by atoms with Crippen LogP contribution in [0.15, 0.2) is 72.2 Å². The summed E-state index contributed by atoms with van der Waals surface area (Å²) in [6, 6.07) is 11.2. The van der Waals surface area contributed by atoms with Crippen LogP contribution >= 0.6 is 0 Å². The van der Waals surface area contributed by atoms with Crippen LogP contribution < -0.4 is 16.2 Å². The Hall–Kier alpha value is -4.53. The van der Waals surface area contributed by atoms with E-state index >= 15 is 0 Å². The summed E-state index contributed by atoms with van der Waals surface area (Å²) in [4.78, 5) is 40.9. The molecule has 3 N–H and O–H groups in total. The van der Waals surface area contributed by atoms with Gasteiger partial charge in [-0.2, -0.15) is 0 Å². The molecule has 9 heteroatoms. The molecule has 0 saturated carbocycles. The molecular weight excluding hydrogens is 430 g/mol. The van der Waals surface area contributed by atoms with Gasteiger partial charge in [-0.1, -0.05) is 12.1 Å². The first-order valence-electron chi connectivity index (χ1n) is 10.8. The highest BCUT2D eigenvalue weighted by atomic mass is 16.2. The number of fused-ring (bicyclic) bond motifs is 2. The lowest BCUT2D eigenvalue weighted by Gasteiger charge is -2.23. The molecule has 0 unspecified atom stereocenters. The van der Waals surface area contributed by atoms with Gasteiger partial charge in [0, 0.05) is 49.3 Å². The molecule has 0 spiro atoms. The van der Waals surface area contributed by atoms with Gasteiger partial charge in [0.15, 0.2) is 0 Å². The summed E-state index contributed by atoms with van der Waals surface area (Å²) < 4.78 is 1.82. The smallest absolute Gasteiger partial charge is 0.259 e. The van der Waals surface area contributed by atoms with Crippen molar-refractivity contribution in [1.82, 2.24) is 29.7 Å². The standard InChI is InChI=1S/C25H23N7O2/c1-25(2,23(34)26-3)17-4-6-18(7-5-17)30-21-20-15(8-9-27-22(20)33)12-19(31-21)16-13-29-24-28-10-11-32(24)14-16/h4-14H,1-3H3,(H,26,34)(H,27,33)(H,30,31). The maximum Gasteiger partial charge on any atom is 0.259 e. The molecule has 4 heterocycles. The third-order valence-electron chi connectivity index (χ3n) is 5.96. The Morgan fingerprint density at radius 2 is 1.91 bits per heavy atom. The summed E-state index contributed by atoms with van der Waals surface area (Å²) in [6.07, 6.45) is 8.73. The zero-order valence-corrected chi connectivity index (χ0v) is 19.0. The first-order valence-corrected chi connectivity index (χ1v) is 10.8. The number of H-pyrrole nitrogens is 1. The van der Waals surface area contributed by atoms with Crippen LogP contribution in [0, 0.1) is 0 Å². The molecule has 0 radical (unpaired) electrons. The fourth-order valence-corrected chi connectivity index (χ4v) is 3.95. The number of rotatable bonds is 5. The third-order valence-corrected chi connectivity index (χ3v) is 5.96. The number of pyridine rings is 2. The largest absolute Gasteiger partial charge is 0.358 e. The Kier molecular flexibility index (Phi) is 5.09. The molecule has 5 rings (SSSR count). The molecule has 1 amide bonds. The summed E-state index contributed by atoms with van der Waals surface area (Å²) in [5.41, 5.74) is 2.17. The normalized spacial score (nSPS) is 11.6. The SMILES string of the molecule is CNC(=O)C(C)(C)c1ccc(Nc2nc(-c3cnc4nccn4c3)cc3cc[nH]c(=O)c23)cc1. The number of imidazole rings is 1. The van der Waals surface area contributed by atoms with E-state index in [1.807, 2.05) is 67.0 Å². The van der Waals surface area contributed by atoms with Crippen molar-refractivity contribution < 1.29 is 4.79 Å². The second-order valence-corrected chi connectivity index (χ2v) is 8.51. The average molecular weight is 454 g/mol. The molecule has 0 aliphatic heterocycles. The quantitative estimate of drug-likeness (QED) is 0.376. The molecule has 0 fully saturated rings. The lowest BCUT2D eigenvalue weighted by molar-refractivity contribution is -0.125. The van der Waals surface area contributed by atoms with Crippen LogP contribution in [0.5, 0.6) is 0 Å². The number of likely N-dealkylation sites (N-methyl/N-ethyl adjacent to an activating group) is 1. The maximum absolute atomic E-state index is 12.7. The van der Waals surface area contributed by atoms with E-state index in [-0.39, 0.29) is 11.5 Å². The molecule has 34 heavy (non-hydrogen) atoms. The van der Waals surface area contributed by atoms with E-state index in [0.717, 1.165) is 22.2 Å². The number of nitrogens with zero attached hydrogens (tertiary/aromatic N) is 4. The summed E-state index contributed by atoms with van der Waals surface area (Å²) in [6.45, 7) is 3.74. The lowest BCUT2D eigenvalue weighted by Crippen LogP contribution is -2.37. The Labute approximate surface area is 194 Å². The number of carbonyl (C=O) groups is 1. The average Bonchev–Trinajstić information content (AvgIpc) is 3.31. The minimum absolute atomic E-state index is 0.0661. The number of aromatic nitrogens is 5. The number of anilines is 2. The van der Waals surface area contributed by atoms with Crippen LogP contribution in [0.1, 0.15) is 19.4 Å². The van der Waals surface area contributed by atoms with Crippen molar-refractivity contribution >= 4 is 34.0 Å². The van der Waals surface area contributed by atoms with Gasteiger partial charge in [0.1, 0.15) is 5.82 Å². The molecular formula is C25H23N7O2. The van der Waals surface area contributed by atoms with Crippen molar-refractivity contribution in [1.29, 1.82) is 0 Å². The van der Waals surface area contributed by atoms with Crippen LogP contribution in [0.3, 0.4) is 0 Å². The van der Waals surface area contributed by atoms with E-state index in [2.05, 4.69) is 25.6 Å². The minimum Gasteiger partial charge on any atom is -0.358 e. The third kappa shape index (κ3) is 3.66. The van der Waals surface area contributed by atoms with Crippen LogP contribution in [0.25, 0.3) is 27.8 Å². The van der Waals surface area contributed by atoms with Crippen molar-refractivity contribution in [2.45, 2.75) is 19.3 Å². The van der Waals surface area contributed by atoms with E-state index < -0.39 is 5.41 Å². The first-order chi connectivity index (χ1) is 16.4. The summed E-state index contributed by atoms with van der Waals surface area (Å²) in [7, 11) is 1.63. The Morgan fingerprint density at radius 3 is 2.68 bits per heavy atom. The van der Waals surface area contributed by atoms with Gasteiger partial charge < -0.3 is 15.6 Å². The molecule has 4 aromatic heterocycles. The van der Waals surface area contributed by atoms with Crippen molar-refractivity contribution in [3.05, 3.63) is 83.3 Å². The van der Waals surface area contributed by atoms with Crippen LogP contribution in [0.2, 0.25) is 0 Å². The summed E-state index contributed by atoms with van der Waals surface area (Å²) >= 11 is 0. The Morgan fingerprint density at radius 1 is 1.12 bits per heavy atom. The number of hydrogen-bond acceptors (Lipinski definition) is 6. The molecule has 0 aliphatic carbocycles. The summed E-state index contributed by atoms with van der Waals surface area (Å²) in [5, 5.41) is 7.19. The van der Waals surface area contributed by atoms with Gasteiger partial charge in [-0.3, -0.25) is 14.0 Å². The summed E-state index contributed by atoms with van der Waals surface area (Å²) in [5.74, 6) is 0.959. The molecule has 0 atom stereocenters. The number of benzene rings is 1. The van der Waals surface area contributed by atoms with Gasteiger partial charge in [0.25, 0.3) is 5.56 Å². The van der Waals surface area contributed by atoms with Crippen LogP contribution in [-0.4, -0.2) is 37.3 Å². The van der Waals surface area contributed by atoms with E-state index in [9.17, 15) is 9.59 Å². The van der Waals surface area contributed by atoms with Crippen LogP contribution in [0.4, 0.5) is 11.5 Å². The van der Waals surface area contributed by atoms with Crippen molar-refractivity contribution in [2.75, 3.05) is 12.4 Å². The van der Waals surface area contributed by atoms with Gasteiger partial charge in [-0.15, -0.1) is 0 Å². The highest BCUT2D eigenvalue weighted by Gasteiger charge is 2.28. The number of amides is 1. The minimum atomic E-state index is -0.672. The molecule has 9 nitrogen and oxygen atoms in total. The molecule has 1 aromatic carbocycles. The van der Waals surface area contributed by atoms with Gasteiger partial charge in [0.05, 0.1) is 16.5 Å². The lowest BCUT2D eigenvalue weighted by atomic mass is 9.83. The fourth-order valence-electron chi connectivity index (χ4n) is 3.95. The van der Waals surface area contributed by atoms with E-state index in [1.54, 1.807) is 25.6 Å². The highest BCUT2D eigenvalue weighted by Crippen LogP contribution is 2.29. The predicted octanol–water partition coefficient (Wildman–Crippen LogP) is 3.40. The van der Waals surface area contributed by atoms with Gasteiger partial charge in [-0.25, -0.2) is 15.0 Å². The zero-order valence-electron chi connectivity index (χ0n) is 19.0.